The average Bonchev–Trinajstić information content (AvgIpc) is 3.00. The molecule has 1 aliphatic carbocycles. The van der Waals surface area contributed by atoms with E-state index in [0.717, 1.165) is 29.5 Å². The number of fused-ring (bicyclic) bond motifs is 3. The Morgan fingerprint density at radius 2 is 2.26 bits per heavy atom. The Morgan fingerprint density at radius 3 is 3.11 bits per heavy atom. The molecule has 1 atom stereocenters. The highest BCUT2D eigenvalue weighted by atomic mass is 32.2. The number of H-pyrrole nitrogens is 1. The lowest BCUT2D eigenvalue weighted by Crippen LogP contribution is -2.14. The van der Waals surface area contributed by atoms with Gasteiger partial charge in [0, 0.05) is 10.6 Å². The molecule has 0 aliphatic heterocycles. The summed E-state index contributed by atoms with van der Waals surface area (Å²) in [5, 5.41) is 0.790. The number of thioether (sulfide) groups is 1. The predicted molar refractivity (Wildman–Crippen MR) is 109 cm³/mol. The van der Waals surface area contributed by atoms with Crippen molar-refractivity contribution in [2.45, 2.75) is 31.9 Å². The van der Waals surface area contributed by atoms with Gasteiger partial charge in [0.05, 0.1) is 17.7 Å². The van der Waals surface area contributed by atoms with Crippen LogP contribution in [0.15, 0.2) is 29.1 Å². The normalized spacial score (nSPS) is 16.4. The quantitative estimate of drug-likeness (QED) is 0.612. The topological polar surface area (TPSA) is 55.0 Å². The molecule has 3 aromatic rings. The van der Waals surface area contributed by atoms with Crippen molar-refractivity contribution in [3.63, 3.8) is 0 Å². The summed E-state index contributed by atoms with van der Waals surface area (Å²) < 4.78 is 18.9. The number of aryl methyl sites for hydroxylation is 1. The van der Waals surface area contributed by atoms with Gasteiger partial charge in [0.2, 0.25) is 0 Å². The average molecular weight is 405 g/mol. The van der Waals surface area contributed by atoms with Gasteiger partial charge >= 0.3 is 0 Å². The zero-order valence-corrected chi connectivity index (χ0v) is 16.7. The monoisotopic (exact) mass is 404 g/mol. The smallest absolute Gasteiger partial charge is 0.259 e. The number of nitrogens with zero attached hydrogens (tertiary/aromatic N) is 1. The maximum atomic E-state index is 13.5. The minimum absolute atomic E-state index is 0.0229. The zero-order chi connectivity index (χ0) is 18.8. The van der Waals surface area contributed by atoms with Crippen molar-refractivity contribution in [1.29, 1.82) is 0 Å². The number of hydrogen-bond acceptors (Lipinski definition) is 5. The van der Waals surface area contributed by atoms with E-state index in [0.29, 0.717) is 29.9 Å². The molecule has 1 aliphatic rings. The molecule has 142 valence electrons. The van der Waals surface area contributed by atoms with Gasteiger partial charge < -0.3 is 9.72 Å². The molecule has 1 N–H and O–H groups in total. The number of ether oxygens (including phenoxy) is 1. The van der Waals surface area contributed by atoms with Crippen molar-refractivity contribution in [1.82, 2.24) is 9.97 Å². The summed E-state index contributed by atoms with van der Waals surface area (Å²) in [7, 11) is 0. The number of halogens is 1. The maximum absolute atomic E-state index is 13.5. The van der Waals surface area contributed by atoms with Crippen LogP contribution in [0, 0.1) is 11.7 Å². The van der Waals surface area contributed by atoms with E-state index < -0.39 is 0 Å². The Kier molecular flexibility index (Phi) is 5.50. The molecule has 0 amide bonds. The number of rotatable bonds is 6. The molecule has 0 fully saturated rings. The number of benzene rings is 1. The van der Waals surface area contributed by atoms with Crippen LogP contribution in [0.4, 0.5) is 4.39 Å². The van der Waals surface area contributed by atoms with Crippen LogP contribution in [0.5, 0.6) is 5.75 Å². The first-order valence-corrected chi connectivity index (χ1v) is 11.1. The van der Waals surface area contributed by atoms with Crippen LogP contribution in [0.1, 0.15) is 29.6 Å². The summed E-state index contributed by atoms with van der Waals surface area (Å²) in [6.07, 6.45) is 3.16. The Balaban J connectivity index is 1.38. The molecular formula is C20H21FN2O2S2. The first-order chi connectivity index (χ1) is 13.1. The first kappa shape index (κ1) is 18.5. The summed E-state index contributed by atoms with van der Waals surface area (Å²) in [5.41, 5.74) is 1.18. The summed E-state index contributed by atoms with van der Waals surface area (Å²) >= 11 is 3.28. The highest BCUT2D eigenvalue weighted by Crippen LogP contribution is 2.35. The third kappa shape index (κ3) is 4.04. The molecule has 0 saturated carbocycles. The largest absolute Gasteiger partial charge is 0.490 e. The standard InChI is InChI=1S/C20H21FN2O2S2/c1-12-6-7-13-16(10-12)27-20-18(13)19(24)22-17(23-20)11-26-9-8-25-15-5-3-2-4-14(15)21/h2-5,12H,6-11H2,1H3,(H,22,23,24)/t12-/m0/s1. The van der Waals surface area contributed by atoms with Crippen molar-refractivity contribution in [3.05, 3.63) is 56.7 Å². The Hall–Kier alpha value is -1.86. The number of aromatic amines is 1. The van der Waals surface area contributed by atoms with Crippen molar-refractivity contribution in [2.24, 2.45) is 5.92 Å². The minimum Gasteiger partial charge on any atom is -0.490 e. The Morgan fingerprint density at radius 1 is 1.41 bits per heavy atom. The fourth-order valence-corrected chi connectivity index (χ4v) is 5.48. The number of para-hydroxylation sites is 1. The highest BCUT2D eigenvalue weighted by molar-refractivity contribution is 7.98. The molecule has 7 heteroatoms. The summed E-state index contributed by atoms with van der Waals surface area (Å²) in [4.78, 5) is 22.4. The predicted octanol–water partition coefficient (Wildman–Crippen LogP) is 4.56. The number of thiophene rings is 1. The van der Waals surface area contributed by atoms with Gasteiger partial charge in [-0.1, -0.05) is 19.1 Å². The van der Waals surface area contributed by atoms with E-state index in [2.05, 4.69) is 16.9 Å². The second-order valence-corrected chi connectivity index (χ2v) is 9.06. The molecule has 0 radical (unpaired) electrons. The summed E-state index contributed by atoms with van der Waals surface area (Å²) in [6, 6.07) is 6.38. The van der Waals surface area contributed by atoms with Crippen molar-refractivity contribution in [3.8, 4) is 5.75 Å². The fraction of sp³-hybridized carbons (Fsp3) is 0.400. The molecule has 2 heterocycles. The van der Waals surface area contributed by atoms with Crippen LogP contribution in [-0.4, -0.2) is 22.3 Å². The van der Waals surface area contributed by atoms with Crippen LogP contribution >= 0.6 is 23.1 Å². The van der Waals surface area contributed by atoms with Crippen molar-refractivity contribution >= 4 is 33.3 Å². The van der Waals surface area contributed by atoms with Gasteiger partial charge in [0.15, 0.2) is 11.6 Å². The molecule has 0 saturated heterocycles. The van der Waals surface area contributed by atoms with Gasteiger partial charge in [0.25, 0.3) is 5.56 Å². The molecular weight excluding hydrogens is 383 g/mol. The second kappa shape index (κ2) is 8.02. The Labute approximate surface area is 165 Å². The van der Waals surface area contributed by atoms with Gasteiger partial charge in [-0.2, -0.15) is 11.8 Å². The van der Waals surface area contributed by atoms with E-state index in [-0.39, 0.29) is 17.1 Å². The highest BCUT2D eigenvalue weighted by Gasteiger charge is 2.22. The van der Waals surface area contributed by atoms with E-state index >= 15 is 0 Å². The Bertz CT molecular complexity index is 1010. The fourth-order valence-electron chi connectivity index (χ4n) is 3.40. The minimum atomic E-state index is -0.352. The molecule has 0 bridgehead atoms. The molecule has 0 spiro atoms. The SMILES string of the molecule is C[C@H]1CCc2c(sc3nc(CSCCOc4ccccc4F)[nH]c(=O)c23)C1. The molecule has 4 rings (SSSR count). The molecule has 27 heavy (non-hydrogen) atoms. The van der Waals surface area contributed by atoms with E-state index in [4.69, 9.17) is 4.74 Å². The molecule has 2 aromatic heterocycles. The summed E-state index contributed by atoms with van der Waals surface area (Å²) in [5.74, 6) is 2.57. The van der Waals surface area contributed by atoms with Crippen LogP contribution in [0.3, 0.4) is 0 Å². The van der Waals surface area contributed by atoms with Crippen LogP contribution in [0.25, 0.3) is 10.2 Å². The lowest BCUT2D eigenvalue weighted by Gasteiger charge is -2.17. The lowest BCUT2D eigenvalue weighted by molar-refractivity contribution is 0.325. The van der Waals surface area contributed by atoms with Gasteiger partial charge in [-0.05, 0) is 42.9 Å². The zero-order valence-electron chi connectivity index (χ0n) is 15.1. The molecule has 1 aromatic carbocycles. The number of nitrogens with one attached hydrogen (secondary N) is 1. The lowest BCUT2D eigenvalue weighted by atomic mass is 9.89. The summed E-state index contributed by atoms with van der Waals surface area (Å²) in [6.45, 7) is 2.67. The third-order valence-electron chi connectivity index (χ3n) is 4.78. The van der Waals surface area contributed by atoms with Gasteiger partial charge in [-0.3, -0.25) is 4.79 Å². The second-order valence-electron chi connectivity index (χ2n) is 6.88. The number of aromatic nitrogens is 2. The molecule has 0 unspecified atom stereocenters. The van der Waals surface area contributed by atoms with Crippen molar-refractivity contribution < 1.29 is 9.13 Å². The van der Waals surface area contributed by atoms with Gasteiger partial charge in [-0.25, -0.2) is 9.37 Å². The third-order valence-corrected chi connectivity index (χ3v) is 6.86. The van der Waals surface area contributed by atoms with Crippen LogP contribution < -0.4 is 10.3 Å². The van der Waals surface area contributed by atoms with E-state index in [1.54, 1.807) is 41.3 Å². The van der Waals surface area contributed by atoms with E-state index in [1.807, 2.05) is 0 Å². The molecule has 4 nitrogen and oxygen atoms in total. The van der Waals surface area contributed by atoms with Crippen LogP contribution in [-0.2, 0) is 18.6 Å². The van der Waals surface area contributed by atoms with Gasteiger partial charge in [0.1, 0.15) is 10.7 Å². The van der Waals surface area contributed by atoms with Gasteiger partial charge in [-0.15, -0.1) is 11.3 Å². The maximum Gasteiger partial charge on any atom is 0.259 e. The van der Waals surface area contributed by atoms with E-state index in [1.165, 1.54) is 16.5 Å². The van der Waals surface area contributed by atoms with Crippen LogP contribution in [0.2, 0.25) is 0 Å². The van der Waals surface area contributed by atoms with E-state index in [9.17, 15) is 9.18 Å². The number of hydrogen-bond donors (Lipinski definition) is 1. The van der Waals surface area contributed by atoms with Crippen molar-refractivity contribution in [2.75, 3.05) is 12.4 Å². The first-order valence-electron chi connectivity index (χ1n) is 9.10.